The lowest BCUT2D eigenvalue weighted by molar-refractivity contribution is -0.141. The Morgan fingerprint density at radius 3 is 2.79 bits per heavy atom. The summed E-state index contributed by atoms with van der Waals surface area (Å²) in [7, 11) is 0. The summed E-state index contributed by atoms with van der Waals surface area (Å²) in [5.74, 6) is -0.714. The van der Waals surface area contributed by atoms with Crippen molar-refractivity contribution in [1.29, 1.82) is 0 Å². The van der Waals surface area contributed by atoms with E-state index in [4.69, 9.17) is 5.11 Å². The van der Waals surface area contributed by atoms with Crippen LogP contribution >= 0.6 is 0 Å². The Morgan fingerprint density at radius 2 is 2.12 bits per heavy atom. The van der Waals surface area contributed by atoms with Gasteiger partial charge in [0, 0.05) is 38.2 Å². The van der Waals surface area contributed by atoms with Crippen molar-refractivity contribution >= 4 is 17.8 Å². The largest absolute Gasteiger partial charge is 0.481 e. The molecule has 1 aliphatic heterocycles. The number of rotatable bonds is 6. The molecule has 2 N–H and O–H groups in total. The highest BCUT2D eigenvalue weighted by molar-refractivity contribution is 5.81. The molecule has 0 radical (unpaired) electrons. The van der Waals surface area contributed by atoms with Gasteiger partial charge in [0.05, 0.1) is 18.2 Å². The first-order valence-electron chi connectivity index (χ1n) is 7.96. The number of carboxylic acid groups (broad SMARTS) is 1. The Kier molecular flexibility index (Phi) is 5.83. The average molecular weight is 334 g/mol. The SMILES string of the molecule is CC(=O)NCc1cnc(C)nc1[C@H]1CCCN1C(=O)CCC(=O)O. The second-order valence-corrected chi connectivity index (χ2v) is 5.88. The van der Waals surface area contributed by atoms with Crippen molar-refractivity contribution in [1.82, 2.24) is 20.2 Å². The lowest BCUT2D eigenvalue weighted by atomic mass is 10.1. The van der Waals surface area contributed by atoms with Crippen LogP contribution in [-0.4, -0.2) is 44.3 Å². The van der Waals surface area contributed by atoms with Crippen LogP contribution in [0.2, 0.25) is 0 Å². The molecule has 1 aromatic heterocycles. The van der Waals surface area contributed by atoms with Crippen molar-refractivity contribution in [2.24, 2.45) is 0 Å². The zero-order chi connectivity index (χ0) is 17.7. The number of aromatic nitrogens is 2. The van der Waals surface area contributed by atoms with Crippen LogP contribution in [0.1, 0.15) is 55.7 Å². The predicted molar refractivity (Wildman–Crippen MR) is 84.8 cm³/mol. The maximum Gasteiger partial charge on any atom is 0.303 e. The number of nitrogens with zero attached hydrogens (tertiary/aromatic N) is 3. The second kappa shape index (κ2) is 7.85. The zero-order valence-corrected chi connectivity index (χ0v) is 13.9. The van der Waals surface area contributed by atoms with Crippen LogP contribution in [0.4, 0.5) is 0 Å². The standard InChI is InChI=1S/C16H22N4O4/c1-10-17-8-12(9-18-11(2)21)16(19-10)13-4-3-7-20(13)14(22)5-6-15(23)24/h8,13H,3-7,9H2,1-2H3,(H,18,21)(H,23,24)/t13-/m1/s1. The summed E-state index contributed by atoms with van der Waals surface area (Å²) < 4.78 is 0. The maximum absolute atomic E-state index is 12.3. The zero-order valence-electron chi connectivity index (χ0n) is 13.9. The number of carbonyl (C=O) groups is 3. The van der Waals surface area contributed by atoms with Gasteiger partial charge >= 0.3 is 5.97 Å². The first kappa shape index (κ1) is 17.8. The predicted octanol–water partition coefficient (Wildman–Crippen LogP) is 0.949. The molecule has 1 saturated heterocycles. The summed E-state index contributed by atoms with van der Waals surface area (Å²) in [5, 5.41) is 11.5. The number of hydrogen-bond acceptors (Lipinski definition) is 5. The average Bonchev–Trinajstić information content (AvgIpc) is 3.00. The van der Waals surface area contributed by atoms with E-state index in [2.05, 4.69) is 15.3 Å². The van der Waals surface area contributed by atoms with Crippen LogP contribution in [0.15, 0.2) is 6.20 Å². The van der Waals surface area contributed by atoms with Gasteiger partial charge in [0.2, 0.25) is 11.8 Å². The van der Waals surface area contributed by atoms with Gasteiger partial charge in [-0.1, -0.05) is 0 Å². The van der Waals surface area contributed by atoms with Crippen molar-refractivity contribution in [3.8, 4) is 0 Å². The molecule has 2 heterocycles. The number of aryl methyl sites for hydroxylation is 1. The van der Waals surface area contributed by atoms with Gasteiger partial charge < -0.3 is 15.3 Å². The van der Waals surface area contributed by atoms with Crippen molar-refractivity contribution in [2.45, 2.75) is 52.1 Å². The summed E-state index contributed by atoms with van der Waals surface area (Å²) >= 11 is 0. The third kappa shape index (κ3) is 4.50. The molecule has 1 aliphatic rings. The first-order valence-corrected chi connectivity index (χ1v) is 7.96. The molecule has 8 nitrogen and oxygen atoms in total. The molecule has 0 unspecified atom stereocenters. The monoisotopic (exact) mass is 334 g/mol. The van der Waals surface area contributed by atoms with E-state index in [-0.39, 0.29) is 30.7 Å². The summed E-state index contributed by atoms with van der Waals surface area (Å²) in [6, 6.07) is -0.197. The van der Waals surface area contributed by atoms with Gasteiger partial charge in [0.15, 0.2) is 0 Å². The fourth-order valence-electron chi connectivity index (χ4n) is 2.86. The minimum Gasteiger partial charge on any atom is -0.481 e. The van der Waals surface area contributed by atoms with Gasteiger partial charge in [0.25, 0.3) is 0 Å². The molecule has 0 bridgehead atoms. The minimum atomic E-state index is -0.983. The molecule has 0 aliphatic carbocycles. The van der Waals surface area contributed by atoms with Gasteiger partial charge in [0.1, 0.15) is 5.82 Å². The molecular formula is C16H22N4O4. The number of amides is 2. The molecule has 0 aromatic carbocycles. The smallest absolute Gasteiger partial charge is 0.303 e. The topological polar surface area (TPSA) is 112 Å². The van der Waals surface area contributed by atoms with Crippen molar-refractivity contribution in [3.63, 3.8) is 0 Å². The van der Waals surface area contributed by atoms with Crippen LogP contribution in [0.25, 0.3) is 0 Å². The lowest BCUT2D eigenvalue weighted by Gasteiger charge is -2.26. The van der Waals surface area contributed by atoms with Crippen LogP contribution in [0.5, 0.6) is 0 Å². The minimum absolute atomic E-state index is 0.0169. The normalized spacial score (nSPS) is 16.9. The fourth-order valence-corrected chi connectivity index (χ4v) is 2.86. The van der Waals surface area contributed by atoms with Crippen LogP contribution in [0, 0.1) is 6.92 Å². The quantitative estimate of drug-likeness (QED) is 0.801. The highest BCUT2D eigenvalue weighted by atomic mass is 16.4. The first-order chi connectivity index (χ1) is 11.4. The number of carboxylic acids is 1. The molecule has 24 heavy (non-hydrogen) atoms. The number of nitrogens with one attached hydrogen (secondary N) is 1. The molecule has 1 aromatic rings. The van der Waals surface area contributed by atoms with Crippen molar-refractivity contribution < 1.29 is 19.5 Å². The van der Waals surface area contributed by atoms with Gasteiger partial charge in [-0.15, -0.1) is 0 Å². The molecule has 2 amide bonds. The van der Waals surface area contributed by atoms with Crippen LogP contribution < -0.4 is 5.32 Å². The van der Waals surface area contributed by atoms with E-state index in [9.17, 15) is 14.4 Å². The summed E-state index contributed by atoms with van der Waals surface area (Å²) in [6.45, 7) is 4.10. The highest BCUT2D eigenvalue weighted by Gasteiger charge is 2.32. The Bertz CT molecular complexity index is 647. The van der Waals surface area contributed by atoms with Gasteiger partial charge in [-0.2, -0.15) is 0 Å². The number of carbonyl (C=O) groups excluding carboxylic acids is 2. The maximum atomic E-state index is 12.3. The van der Waals surface area contributed by atoms with Crippen molar-refractivity contribution in [2.75, 3.05) is 6.54 Å². The second-order valence-electron chi connectivity index (χ2n) is 5.88. The molecular weight excluding hydrogens is 312 g/mol. The third-order valence-electron chi connectivity index (χ3n) is 3.99. The van der Waals surface area contributed by atoms with Gasteiger partial charge in [-0.25, -0.2) is 9.97 Å². The molecule has 1 atom stereocenters. The van der Waals surface area contributed by atoms with Crippen LogP contribution in [-0.2, 0) is 20.9 Å². The van der Waals surface area contributed by atoms with Gasteiger partial charge in [-0.05, 0) is 19.8 Å². The van der Waals surface area contributed by atoms with E-state index in [1.807, 2.05) is 0 Å². The fraction of sp³-hybridized carbons (Fsp3) is 0.562. The molecule has 2 rings (SSSR count). The molecule has 0 spiro atoms. The van der Waals surface area contributed by atoms with E-state index < -0.39 is 5.97 Å². The van der Waals surface area contributed by atoms with Gasteiger partial charge in [-0.3, -0.25) is 14.4 Å². The van der Waals surface area contributed by atoms with E-state index in [1.54, 1.807) is 18.0 Å². The molecule has 0 saturated carbocycles. The Labute approximate surface area is 140 Å². The van der Waals surface area contributed by atoms with E-state index in [1.165, 1.54) is 6.92 Å². The number of hydrogen-bond donors (Lipinski definition) is 2. The summed E-state index contributed by atoms with van der Waals surface area (Å²) in [4.78, 5) is 44.6. The summed E-state index contributed by atoms with van der Waals surface area (Å²) in [6.07, 6.45) is 3.08. The Balaban J connectivity index is 2.21. The Morgan fingerprint density at radius 1 is 1.38 bits per heavy atom. The van der Waals surface area contributed by atoms with E-state index in [0.29, 0.717) is 18.9 Å². The van der Waals surface area contributed by atoms with Crippen LogP contribution in [0.3, 0.4) is 0 Å². The molecule has 8 heteroatoms. The highest BCUT2D eigenvalue weighted by Crippen LogP contribution is 2.33. The number of aliphatic carboxylic acids is 1. The lowest BCUT2D eigenvalue weighted by Crippen LogP contribution is -2.32. The summed E-state index contributed by atoms with van der Waals surface area (Å²) in [5.41, 5.74) is 1.51. The van der Waals surface area contributed by atoms with Crippen molar-refractivity contribution in [3.05, 3.63) is 23.3 Å². The van der Waals surface area contributed by atoms with E-state index >= 15 is 0 Å². The third-order valence-corrected chi connectivity index (χ3v) is 3.99. The molecule has 1 fully saturated rings. The van der Waals surface area contributed by atoms with E-state index in [0.717, 1.165) is 24.1 Å². The molecule has 130 valence electrons. The Hall–Kier alpha value is -2.51. The number of likely N-dealkylation sites (tertiary alicyclic amines) is 1.